The maximum absolute atomic E-state index is 2.53. The lowest BCUT2D eigenvalue weighted by Gasteiger charge is -2.25. The van der Waals surface area contributed by atoms with Crippen molar-refractivity contribution in [3.8, 4) is 0 Å². The van der Waals surface area contributed by atoms with Crippen LogP contribution in [0.2, 0.25) is 0 Å². The van der Waals surface area contributed by atoms with Crippen molar-refractivity contribution in [3.05, 3.63) is 0 Å². The third-order valence-electron chi connectivity index (χ3n) is 6.28. The lowest BCUT2D eigenvalue weighted by atomic mass is 9.80. The van der Waals surface area contributed by atoms with E-state index in [2.05, 4.69) is 48.5 Å². The smallest absolute Gasteiger partial charge is 0.0238 e. The Morgan fingerprint density at radius 1 is 1.06 bits per heavy atom. The van der Waals surface area contributed by atoms with Gasteiger partial charge in [-0.05, 0) is 41.4 Å². The fourth-order valence-corrected chi connectivity index (χ4v) is 4.32. The van der Waals surface area contributed by atoms with E-state index in [0.717, 1.165) is 17.8 Å². The first-order chi connectivity index (χ1) is 7.86. The molecule has 102 valence electrons. The van der Waals surface area contributed by atoms with Crippen LogP contribution in [-0.2, 0) is 0 Å². The van der Waals surface area contributed by atoms with Gasteiger partial charge in [-0.15, -0.1) is 0 Å². The molecule has 0 saturated heterocycles. The summed E-state index contributed by atoms with van der Waals surface area (Å²) in [5.41, 5.74) is 1.18. The van der Waals surface area contributed by atoms with Crippen molar-refractivity contribution in [1.82, 2.24) is 0 Å². The molecule has 0 aromatic rings. The van der Waals surface area contributed by atoms with Crippen LogP contribution >= 0.6 is 0 Å². The predicted octanol–water partition coefficient (Wildman–Crippen LogP) is 5.91. The van der Waals surface area contributed by atoms with Gasteiger partial charge in [0, 0.05) is 0 Å². The lowest BCUT2D eigenvalue weighted by molar-refractivity contribution is 0.241. The highest BCUT2D eigenvalue weighted by atomic mass is 14.7. The minimum Gasteiger partial charge on any atom is -0.0654 e. The van der Waals surface area contributed by atoms with E-state index in [1.165, 1.54) is 32.1 Å². The summed E-state index contributed by atoms with van der Waals surface area (Å²) in [5.74, 6) is 2.82. The number of hydrogen-bond donors (Lipinski definition) is 0. The summed E-state index contributed by atoms with van der Waals surface area (Å²) in [6.07, 6.45) is 6.92. The molecule has 0 heterocycles. The molecule has 1 rings (SSSR count). The van der Waals surface area contributed by atoms with E-state index in [9.17, 15) is 0 Å². The van der Waals surface area contributed by atoms with Gasteiger partial charge in [0.15, 0.2) is 0 Å². The van der Waals surface area contributed by atoms with E-state index in [4.69, 9.17) is 0 Å². The Morgan fingerprint density at radius 2 is 1.65 bits per heavy atom. The van der Waals surface area contributed by atoms with Crippen LogP contribution in [0.4, 0.5) is 0 Å². The second-order valence-electron chi connectivity index (χ2n) is 7.16. The van der Waals surface area contributed by atoms with Gasteiger partial charge >= 0.3 is 0 Å². The average Bonchev–Trinajstić information content (AvgIpc) is 2.75. The summed E-state index contributed by atoms with van der Waals surface area (Å²) in [5, 5.41) is 0. The van der Waals surface area contributed by atoms with Crippen LogP contribution in [0.5, 0.6) is 0 Å². The third kappa shape index (κ3) is 2.42. The molecule has 4 unspecified atom stereocenters. The first-order valence-corrected chi connectivity index (χ1v) is 7.86. The number of unbranched alkanes of at least 4 members (excludes halogenated alkanes) is 1. The topological polar surface area (TPSA) is 0 Å². The Hall–Kier alpha value is 0. The molecule has 0 spiro atoms. The fourth-order valence-electron chi connectivity index (χ4n) is 4.32. The Kier molecular flexibility index (Phi) is 4.72. The van der Waals surface area contributed by atoms with Gasteiger partial charge in [-0.2, -0.15) is 0 Å². The van der Waals surface area contributed by atoms with Gasteiger partial charge in [0.1, 0.15) is 0 Å². The van der Waals surface area contributed by atoms with Crippen LogP contribution in [0, 0.1) is 28.6 Å². The summed E-state index contributed by atoms with van der Waals surface area (Å²) in [4.78, 5) is 0. The number of rotatable bonds is 7. The van der Waals surface area contributed by atoms with E-state index in [0.29, 0.717) is 10.8 Å². The van der Waals surface area contributed by atoms with Crippen molar-refractivity contribution in [1.29, 1.82) is 0 Å². The van der Waals surface area contributed by atoms with Gasteiger partial charge in [0.05, 0.1) is 0 Å². The monoisotopic (exact) mass is 238 g/mol. The molecule has 0 bridgehead atoms. The van der Waals surface area contributed by atoms with E-state index in [1.54, 1.807) is 0 Å². The van der Waals surface area contributed by atoms with Crippen molar-refractivity contribution < 1.29 is 0 Å². The van der Waals surface area contributed by atoms with Gasteiger partial charge in [-0.3, -0.25) is 0 Å². The largest absolute Gasteiger partial charge is 0.0654 e. The molecule has 17 heavy (non-hydrogen) atoms. The Labute approximate surface area is 110 Å². The molecule has 1 aliphatic carbocycles. The van der Waals surface area contributed by atoms with Gasteiger partial charge in [0.25, 0.3) is 0 Å². The summed E-state index contributed by atoms with van der Waals surface area (Å²) in [6.45, 7) is 17.1. The highest BCUT2D eigenvalue weighted by Crippen LogP contribution is 2.74. The van der Waals surface area contributed by atoms with Crippen LogP contribution in [0.15, 0.2) is 0 Å². The highest BCUT2D eigenvalue weighted by molar-refractivity contribution is 5.16. The van der Waals surface area contributed by atoms with Crippen LogP contribution in [0.3, 0.4) is 0 Å². The highest BCUT2D eigenvalue weighted by Gasteiger charge is 2.68. The molecule has 1 saturated carbocycles. The van der Waals surface area contributed by atoms with Crippen molar-refractivity contribution >= 4 is 0 Å². The first kappa shape index (κ1) is 15.1. The normalized spacial score (nSPS) is 34.4. The van der Waals surface area contributed by atoms with Gasteiger partial charge in [-0.1, -0.05) is 67.7 Å². The minimum absolute atomic E-state index is 0.573. The fraction of sp³-hybridized carbons (Fsp3) is 1.00. The van der Waals surface area contributed by atoms with Crippen molar-refractivity contribution in [2.45, 2.75) is 80.6 Å². The summed E-state index contributed by atoms with van der Waals surface area (Å²) < 4.78 is 0. The molecule has 0 heteroatoms. The zero-order chi connectivity index (χ0) is 13.3. The quantitative estimate of drug-likeness (QED) is 0.517. The van der Waals surface area contributed by atoms with E-state index in [1.807, 2.05) is 0 Å². The predicted molar refractivity (Wildman–Crippen MR) is 78.1 cm³/mol. The van der Waals surface area contributed by atoms with Crippen LogP contribution in [-0.4, -0.2) is 0 Å². The number of hydrogen-bond acceptors (Lipinski definition) is 0. The van der Waals surface area contributed by atoms with Gasteiger partial charge < -0.3 is 0 Å². The molecule has 0 aromatic heterocycles. The lowest BCUT2D eigenvalue weighted by Crippen LogP contribution is -2.17. The molecule has 0 amide bonds. The Balaban J connectivity index is 2.79. The van der Waals surface area contributed by atoms with E-state index >= 15 is 0 Å². The molecule has 4 atom stereocenters. The van der Waals surface area contributed by atoms with Crippen LogP contribution < -0.4 is 0 Å². The van der Waals surface area contributed by atoms with Crippen LogP contribution in [0.25, 0.3) is 0 Å². The van der Waals surface area contributed by atoms with Crippen molar-refractivity contribution in [2.24, 2.45) is 28.6 Å². The SMILES string of the molecule is CCCCC(C(C)CC)C1C(C)(C)C1(C)CC. The molecule has 1 aliphatic rings. The standard InChI is InChI=1S/C17H34/c1-8-11-12-14(13(4)9-2)15-16(5,6)17(15,7)10-3/h13-15H,8-12H2,1-7H3. The van der Waals surface area contributed by atoms with Crippen LogP contribution in [0.1, 0.15) is 80.6 Å². The minimum atomic E-state index is 0.573. The van der Waals surface area contributed by atoms with Crippen molar-refractivity contribution in [3.63, 3.8) is 0 Å². The second-order valence-corrected chi connectivity index (χ2v) is 7.16. The summed E-state index contributed by atoms with van der Waals surface area (Å²) >= 11 is 0. The van der Waals surface area contributed by atoms with E-state index < -0.39 is 0 Å². The molecule has 0 radical (unpaired) electrons. The Morgan fingerprint density at radius 3 is 2.00 bits per heavy atom. The second kappa shape index (κ2) is 5.33. The van der Waals surface area contributed by atoms with Crippen molar-refractivity contribution in [2.75, 3.05) is 0 Å². The van der Waals surface area contributed by atoms with Gasteiger partial charge in [-0.25, -0.2) is 0 Å². The molecule has 0 aliphatic heterocycles. The summed E-state index contributed by atoms with van der Waals surface area (Å²) in [7, 11) is 0. The molecule has 0 N–H and O–H groups in total. The zero-order valence-corrected chi connectivity index (χ0v) is 13.3. The average molecular weight is 238 g/mol. The van der Waals surface area contributed by atoms with E-state index in [-0.39, 0.29) is 0 Å². The third-order valence-corrected chi connectivity index (χ3v) is 6.28. The maximum atomic E-state index is 2.53. The van der Waals surface area contributed by atoms with Gasteiger partial charge in [0.2, 0.25) is 0 Å². The zero-order valence-electron chi connectivity index (χ0n) is 13.3. The molecular formula is C17H34. The Bertz CT molecular complexity index is 240. The maximum Gasteiger partial charge on any atom is -0.0238 e. The first-order valence-electron chi connectivity index (χ1n) is 7.86. The molecule has 0 aromatic carbocycles. The summed E-state index contributed by atoms with van der Waals surface area (Å²) in [6, 6.07) is 0. The molecular weight excluding hydrogens is 204 g/mol. The molecule has 1 fully saturated rings. The molecule has 0 nitrogen and oxygen atoms in total.